The van der Waals surface area contributed by atoms with Crippen LogP contribution in [-0.4, -0.2) is 32.7 Å². The van der Waals surface area contributed by atoms with Gasteiger partial charge in [-0.05, 0) is 25.1 Å². The van der Waals surface area contributed by atoms with Gasteiger partial charge in [0, 0.05) is 29.8 Å². The third kappa shape index (κ3) is 3.25. The molecule has 2 aromatic carbocycles. The largest absolute Gasteiger partial charge is 0.467 e. The molecule has 0 spiro atoms. The van der Waals surface area contributed by atoms with Crippen LogP contribution in [0, 0.1) is 10.1 Å². The van der Waals surface area contributed by atoms with E-state index in [-0.39, 0.29) is 25.7 Å². The predicted molar refractivity (Wildman–Crippen MR) is 95.7 cm³/mol. The molecule has 10 heteroatoms. The molecular weight excluding hydrogens is 368 g/mol. The van der Waals surface area contributed by atoms with Crippen molar-refractivity contribution in [2.45, 2.75) is 26.7 Å². The normalized spacial score (nSPS) is 13.0. The van der Waals surface area contributed by atoms with Crippen molar-refractivity contribution in [3.8, 4) is 5.75 Å². The van der Waals surface area contributed by atoms with Crippen molar-refractivity contribution in [2.24, 2.45) is 0 Å². The first-order valence-electron chi connectivity index (χ1n) is 8.58. The average molecular weight is 384 g/mol. The molecule has 0 fully saturated rings. The summed E-state index contributed by atoms with van der Waals surface area (Å²) in [6.07, 6.45) is 0. The van der Waals surface area contributed by atoms with Crippen LogP contribution < -0.4 is 4.74 Å². The predicted octanol–water partition coefficient (Wildman–Crippen LogP) is 2.58. The number of nitrogens with zero attached hydrogens (tertiary/aromatic N) is 4. The molecule has 0 bridgehead atoms. The third-order valence-corrected chi connectivity index (χ3v) is 4.39. The van der Waals surface area contributed by atoms with Crippen molar-refractivity contribution in [1.29, 1.82) is 0 Å². The van der Waals surface area contributed by atoms with Crippen molar-refractivity contribution < 1.29 is 23.9 Å². The lowest BCUT2D eigenvalue weighted by Gasteiger charge is -2.20. The zero-order valence-electron chi connectivity index (χ0n) is 15.0. The Balaban J connectivity index is 1.56. The van der Waals surface area contributed by atoms with Crippen molar-refractivity contribution in [3.63, 3.8) is 0 Å². The Morgan fingerprint density at radius 2 is 2.21 bits per heavy atom. The Labute approximate surface area is 158 Å². The van der Waals surface area contributed by atoms with Gasteiger partial charge in [0.25, 0.3) is 5.69 Å². The number of hydrogen-bond acceptors (Lipinski definition) is 8. The average Bonchev–Trinajstić information content (AvgIpc) is 3.13. The smallest absolute Gasteiger partial charge is 0.338 e. The van der Waals surface area contributed by atoms with E-state index in [0.717, 1.165) is 5.52 Å². The van der Waals surface area contributed by atoms with E-state index in [1.807, 2.05) is 6.92 Å². The van der Waals surface area contributed by atoms with Gasteiger partial charge in [-0.3, -0.25) is 10.1 Å². The number of ether oxygens (including phenoxy) is 3. The number of benzene rings is 2. The molecule has 0 unspecified atom stereocenters. The molecule has 1 aliphatic rings. The summed E-state index contributed by atoms with van der Waals surface area (Å²) in [4.78, 5) is 23.1. The highest BCUT2D eigenvalue weighted by Gasteiger charge is 2.22. The molecule has 0 amide bonds. The quantitative estimate of drug-likeness (QED) is 0.374. The summed E-state index contributed by atoms with van der Waals surface area (Å²) in [5.74, 6) is -0.119. The van der Waals surface area contributed by atoms with Crippen LogP contribution >= 0.6 is 0 Å². The minimum Gasteiger partial charge on any atom is -0.467 e. The van der Waals surface area contributed by atoms with E-state index < -0.39 is 10.9 Å². The van der Waals surface area contributed by atoms with Crippen molar-refractivity contribution in [2.75, 3.05) is 6.79 Å². The molecule has 0 aliphatic carbocycles. The Morgan fingerprint density at radius 3 is 3.00 bits per heavy atom. The summed E-state index contributed by atoms with van der Waals surface area (Å²) in [6, 6.07) is 7.72. The first-order valence-corrected chi connectivity index (χ1v) is 8.58. The van der Waals surface area contributed by atoms with Gasteiger partial charge in [-0.1, -0.05) is 5.21 Å². The molecule has 1 aromatic heterocycles. The van der Waals surface area contributed by atoms with E-state index in [1.54, 1.807) is 22.9 Å². The van der Waals surface area contributed by atoms with Gasteiger partial charge in [-0.15, -0.1) is 5.10 Å². The second-order valence-corrected chi connectivity index (χ2v) is 6.15. The second kappa shape index (κ2) is 7.24. The molecule has 144 valence electrons. The van der Waals surface area contributed by atoms with Crippen LogP contribution in [0.1, 0.15) is 28.4 Å². The minimum atomic E-state index is -0.569. The van der Waals surface area contributed by atoms with Crippen molar-refractivity contribution in [3.05, 3.63) is 57.1 Å². The van der Waals surface area contributed by atoms with E-state index in [9.17, 15) is 14.9 Å². The van der Waals surface area contributed by atoms with Gasteiger partial charge in [0.2, 0.25) is 0 Å². The molecule has 0 N–H and O–H groups in total. The Hall–Kier alpha value is -3.53. The van der Waals surface area contributed by atoms with Crippen LogP contribution in [0.3, 0.4) is 0 Å². The summed E-state index contributed by atoms with van der Waals surface area (Å²) in [5, 5.41) is 19.2. The summed E-state index contributed by atoms with van der Waals surface area (Å²) in [6.45, 7) is 2.69. The van der Waals surface area contributed by atoms with Crippen LogP contribution in [0.5, 0.6) is 5.75 Å². The SMILES string of the molecule is CCn1nnc2cc(C(=O)OCc3cc([N+](=O)[O-])cc4c3OCOC4)ccc21. The lowest BCUT2D eigenvalue weighted by molar-refractivity contribution is -0.385. The highest BCUT2D eigenvalue weighted by atomic mass is 16.7. The lowest BCUT2D eigenvalue weighted by atomic mass is 10.1. The zero-order valence-corrected chi connectivity index (χ0v) is 15.0. The molecule has 3 aromatic rings. The molecule has 2 heterocycles. The van der Waals surface area contributed by atoms with Gasteiger partial charge in [-0.2, -0.15) is 0 Å². The van der Waals surface area contributed by atoms with Crippen LogP contribution in [0.4, 0.5) is 5.69 Å². The highest BCUT2D eigenvalue weighted by molar-refractivity contribution is 5.93. The number of non-ortho nitro benzene ring substituents is 1. The van der Waals surface area contributed by atoms with Crippen LogP contribution in [0.15, 0.2) is 30.3 Å². The molecule has 0 radical (unpaired) electrons. The Kier molecular flexibility index (Phi) is 4.62. The minimum absolute atomic E-state index is 0.0372. The number of nitro benzene ring substituents is 1. The zero-order chi connectivity index (χ0) is 19.7. The number of esters is 1. The third-order valence-electron chi connectivity index (χ3n) is 4.39. The molecule has 0 saturated carbocycles. The Morgan fingerprint density at radius 1 is 1.36 bits per heavy atom. The summed E-state index contributed by atoms with van der Waals surface area (Å²) in [5.41, 5.74) is 2.57. The number of fused-ring (bicyclic) bond motifs is 2. The maximum absolute atomic E-state index is 12.4. The molecule has 10 nitrogen and oxygen atoms in total. The van der Waals surface area contributed by atoms with E-state index in [2.05, 4.69) is 10.3 Å². The van der Waals surface area contributed by atoms with E-state index in [1.165, 1.54) is 12.1 Å². The number of carbonyl (C=O) groups excluding carboxylic acids is 1. The monoisotopic (exact) mass is 384 g/mol. The van der Waals surface area contributed by atoms with Gasteiger partial charge in [-0.25, -0.2) is 9.48 Å². The van der Waals surface area contributed by atoms with Gasteiger partial charge in [0.15, 0.2) is 6.79 Å². The summed E-state index contributed by atoms with van der Waals surface area (Å²) < 4.78 is 17.7. The van der Waals surface area contributed by atoms with Crippen LogP contribution in [-0.2, 0) is 29.2 Å². The highest BCUT2D eigenvalue weighted by Crippen LogP contribution is 2.33. The lowest BCUT2D eigenvalue weighted by Crippen LogP contribution is -2.15. The second-order valence-electron chi connectivity index (χ2n) is 6.15. The maximum Gasteiger partial charge on any atom is 0.338 e. The van der Waals surface area contributed by atoms with Crippen LogP contribution in [0.25, 0.3) is 11.0 Å². The first-order chi connectivity index (χ1) is 13.6. The summed E-state index contributed by atoms with van der Waals surface area (Å²) in [7, 11) is 0. The van der Waals surface area contributed by atoms with Gasteiger partial charge in [0.1, 0.15) is 17.9 Å². The van der Waals surface area contributed by atoms with Gasteiger partial charge >= 0.3 is 5.97 Å². The molecule has 1 aliphatic heterocycles. The molecule has 0 atom stereocenters. The van der Waals surface area contributed by atoms with Crippen LogP contribution in [0.2, 0.25) is 0 Å². The van der Waals surface area contributed by atoms with E-state index >= 15 is 0 Å². The maximum atomic E-state index is 12.4. The Bertz CT molecular complexity index is 1080. The number of carbonyl (C=O) groups is 1. The standard InChI is InChI=1S/C18H16N4O6/c1-2-21-16-4-3-11(7-15(16)19-20-21)18(23)27-9-13-6-14(22(24)25)5-12-8-26-10-28-17(12)13/h3-7H,2,8-10H2,1H3. The van der Waals surface area contributed by atoms with Gasteiger partial charge in [0.05, 0.1) is 22.6 Å². The van der Waals surface area contributed by atoms with Gasteiger partial charge < -0.3 is 14.2 Å². The van der Waals surface area contributed by atoms with Crippen molar-refractivity contribution >= 4 is 22.7 Å². The number of hydrogen-bond donors (Lipinski definition) is 0. The fourth-order valence-corrected chi connectivity index (χ4v) is 3.05. The molecular formula is C18H16N4O6. The molecule has 4 rings (SSSR count). The first kappa shape index (κ1) is 17.9. The van der Waals surface area contributed by atoms with E-state index in [0.29, 0.717) is 34.5 Å². The fourth-order valence-electron chi connectivity index (χ4n) is 3.05. The number of rotatable bonds is 5. The number of aromatic nitrogens is 3. The molecule has 28 heavy (non-hydrogen) atoms. The fraction of sp³-hybridized carbons (Fsp3) is 0.278. The summed E-state index contributed by atoms with van der Waals surface area (Å²) >= 11 is 0. The molecule has 0 saturated heterocycles. The number of nitro groups is 1. The van der Waals surface area contributed by atoms with E-state index in [4.69, 9.17) is 14.2 Å². The number of aryl methyl sites for hydroxylation is 1. The topological polar surface area (TPSA) is 119 Å². The van der Waals surface area contributed by atoms with Crippen molar-refractivity contribution in [1.82, 2.24) is 15.0 Å².